The number of aromatic nitrogens is 1. The van der Waals surface area contributed by atoms with E-state index >= 15 is 0 Å². The van der Waals surface area contributed by atoms with E-state index in [0.29, 0.717) is 17.7 Å². The zero-order valence-corrected chi connectivity index (χ0v) is 21.3. The maximum Gasteiger partial charge on any atom is 0.255 e. The topological polar surface area (TPSA) is 94.6 Å². The molecule has 0 spiro atoms. The standard InChI is InChI=1S/C29H28N4O2.CH4O/c1-33(2)20-22-6-4-8-27(18-22)32-29(35)26-7-3-5-21(17-26)19-31-28(34)25-11-9-23(10-12-25)24-13-15-30-16-14-24;1-2/h3-18H,19-20H2,1-2H3,(H,31,34)(H,32,35);2H,1H3. The van der Waals surface area contributed by atoms with Gasteiger partial charge in [-0.3, -0.25) is 14.6 Å². The maximum absolute atomic E-state index is 12.8. The predicted molar refractivity (Wildman–Crippen MR) is 147 cm³/mol. The van der Waals surface area contributed by atoms with E-state index < -0.39 is 0 Å². The molecule has 37 heavy (non-hydrogen) atoms. The summed E-state index contributed by atoms with van der Waals surface area (Å²) in [4.78, 5) is 31.5. The largest absolute Gasteiger partial charge is 0.400 e. The van der Waals surface area contributed by atoms with Crippen LogP contribution in [0.5, 0.6) is 0 Å². The monoisotopic (exact) mass is 496 g/mol. The molecule has 0 aliphatic heterocycles. The number of pyridine rings is 1. The van der Waals surface area contributed by atoms with Gasteiger partial charge in [-0.15, -0.1) is 0 Å². The summed E-state index contributed by atoms with van der Waals surface area (Å²) in [5.41, 5.74) is 5.91. The Hall–Kier alpha value is -4.33. The lowest BCUT2D eigenvalue weighted by atomic mass is 10.0. The SMILES string of the molecule is CN(C)Cc1cccc(NC(=O)c2cccc(CNC(=O)c3ccc(-c4ccncc4)cc3)c2)c1.CO. The Bertz CT molecular complexity index is 1310. The van der Waals surface area contributed by atoms with Crippen molar-refractivity contribution in [1.29, 1.82) is 0 Å². The molecule has 3 N–H and O–H groups in total. The van der Waals surface area contributed by atoms with Crippen LogP contribution in [-0.2, 0) is 13.1 Å². The van der Waals surface area contributed by atoms with Crippen molar-refractivity contribution in [2.45, 2.75) is 13.1 Å². The number of rotatable bonds is 8. The third kappa shape index (κ3) is 8.10. The molecule has 1 aromatic heterocycles. The van der Waals surface area contributed by atoms with Crippen molar-refractivity contribution in [3.05, 3.63) is 120 Å². The van der Waals surface area contributed by atoms with Crippen LogP contribution >= 0.6 is 0 Å². The maximum atomic E-state index is 12.8. The second-order valence-electron chi connectivity index (χ2n) is 8.59. The molecule has 0 saturated heterocycles. The first-order chi connectivity index (χ1) is 18.0. The van der Waals surface area contributed by atoms with Crippen molar-refractivity contribution in [2.75, 3.05) is 26.5 Å². The van der Waals surface area contributed by atoms with Crippen LogP contribution in [0.4, 0.5) is 5.69 Å². The Balaban J connectivity index is 0.00000186. The summed E-state index contributed by atoms with van der Waals surface area (Å²) in [5.74, 6) is -0.356. The first kappa shape index (κ1) is 27.3. The van der Waals surface area contributed by atoms with Gasteiger partial charge in [-0.1, -0.05) is 36.4 Å². The molecule has 0 unspecified atom stereocenters. The van der Waals surface area contributed by atoms with Crippen molar-refractivity contribution < 1.29 is 14.7 Å². The van der Waals surface area contributed by atoms with Crippen LogP contribution in [0.3, 0.4) is 0 Å². The quantitative estimate of drug-likeness (QED) is 0.331. The molecule has 0 aliphatic carbocycles. The average molecular weight is 497 g/mol. The van der Waals surface area contributed by atoms with Crippen molar-refractivity contribution in [3.63, 3.8) is 0 Å². The van der Waals surface area contributed by atoms with Gasteiger partial charge in [0.15, 0.2) is 0 Å². The van der Waals surface area contributed by atoms with Gasteiger partial charge in [-0.2, -0.15) is 0 Å². The highest BCUT2D eigenvalue weighted by atomic mass is 16.2. The van der Waals surface area contributed by atoms with E-state index in [-0.39, 0.29) is 11.8 Å². The lowest BCUT2D eigenvalue weighted by Gasteiger charge is -2.12. The van der Waals surface area contributed by atoms with E-state index in [4.69, 9.17) is 5.11 Å². The highest BCUT2D eigenvalue weighted by molar-refractivity contribution is 6.04. The van der Waals surface area contributed by atoms with E-state index in [2.05, 4.69) is 20.5 Å². The number of nitrogens with one attached hydrogen (secondary N) is 2. The summed E-state index contributed by atoms with van der Waals surface area (Å²) in [6, 6.07) is 26.4. The van der Waals surface area contributed by atoms with Crippen LogP contribution in [0.25, 0.3) is 11.1 Å². The summed E-state index contributed by atoms with van der Waals surface area (Å²) >= 11 is 0. The number of nitrogens with zero attached hydrogens (tertiary/aromatic N) is 2. The minimum Gasteiger partial charge on any atom is -0.400 e. The molecular formula is C30H32N4O3. The fraction of sp³-hybridized carbons (Fsp3) is 0.167. The third-order valence-corrected chi connectivity index (χ3v) is 5.49. The van der Waals surface area contributed by atoms with Crippen LogP contribution in [0.1, 0.15) is 31.8 Å². The number of anilines is 1. The van der Waals surface area contributed by atoms with Crippen LogP contribution < -0.4 is 10.6 Å². The van der Waals surface area contributed by atoms with Gasteiger partial charge in [0.05, 0.1) is 0 Å². The van der Waals surface area contributed by atoms with E-state index in [9.17, 15) is 9.59 Å². The second-order valence-corrected chi connectivity index (χ2v) is 8.59. The molecule has 0 aliphatic rings. The van der Waals surface area contributed by atoms with Gasteiger partial charge >= 0.3 is 0 Å². The Labute approximate surface area is 217 Å². The molecule has 2 amide bonds. The van der Waals surface area contributed by atoms with Crippen molar-refractivity contribution in [3.8, 4) is 11.1 Å². The van der Waals surface area contributed by atoms with Crippen molar-refractivity contribution >= 4 is 17.5 Å². The third-order valence-electron chi connectivity index (χ3n) is 5.49. The molecule has 190 valence electrons. The fourth-order valence-electron chi connectivity index (χ4n) is 3.78. The summed E-state index contributed by atoms with van der Waals surface area (Å²) in [6.45, 7) is 1.12. The normalized spacial score (nSPS) is 10.3. The molecule has 0 saturated carbocycles. The van der Waals surface area contributed by atoms with Crippen molar-refractivity contribution in [1.82, 2.24) is 15.2 Å². The molecule has 4 rings (SSSR count). The highest BCUT2D eigenvalue weighted by Crippen LogP contribution is 2.19. The van der Waals surface area contributed by atoms with Gasteiger partial charge in [0, 0.05) is 49.4 Å². The summed E-state index contributed by atoms with van der Waals surface area (Å²) in [6.07, 6.45) is 3.49. The number of carbonyl (C=O) groups is 2. The van der Waals surface area contributed by atoms with Gasteiger partial charge in [-0.05, 0) is 84.9 Å². The average Bonchev–Trinajstić information content (AvgIpc) is 2.93. The molecule has 4 aromatic rings. The number of amides is 2. The molecule has 0 radical (unpaired) electrons. The first-order valence-corrected chi connectivity index (χ1v) is 11.9. The van der Waals surface area contributed by atoms with Gasteiger partial charge in [0.2, 0.25) is 0 Å². The second kappa shape index (κ2) is 13.7. The Morgan fingerprint density at radius 2 is 1.41 bits per heavy atom. The molecule has 7 nitrogen and oxygen atoms in total. The van der Waals surface area contributed by atoms with Gasteiger partial charge < -0.3 is 20.6 Å². The zero-order valence-electron chi connectivity index (χ0n) is 21.3. The van der Waals surface area contributed by atoms with E-state index in [1.807, 2.05) is 74.8 Å². The Kier molecular flexibility index (Phi) is 10.1. The number of aliphatic hydroxyl groups excluding tert-OH is 1. The fourth-order valence-corrected chi connectivity index (χ4v) is 3.78. The van der Waals surface area contributed by atoms with E-state index in [1.165, 1.54) is 0 Å². The van der Waals surface area contributed by atoms with Gasteiger partial charge in [0.1, 0.15) is 0 Å². The van der Waals surface area contributed by atoms with Gasteiger partial charge in [0.25, 0.3) is 11.8 Å². The van der Waals surface area contributed by atoms with Crippen LogP contribution in [0, 0.1) is 0 Å². The minimum absolute atomic E-state index is 0.168. The summed E-state index contributed by atoms with van der Waals surface area (Å²) in [5, 5.41) is 12.9. The van der Waals surface area contributed by atoms with Crippen molar-refractivity contribution in [2.24, 2.45) is 0 Å². The molecule has 0 bridgehead atoms. The number of carbonyl (C=O) groups excluding carboxylic acids is 2. The zero-order chi connectivity index (χ0) is 26.6. The van der Waals surface area contributed by atoms with E-state index in [1.54, 1.807) is 36.7 Å². The molecule has 3 aromatic carbocycles. The lowest BCUT2D eigenvalue weighted by molar-refractivity contribution is 0.0950. The number of aliphatic hydroxyl groups is 1. The molecule has 1 heterocycles. The molecule has 0 fully saturated rings. The number of hydrogen-bond acceptors (Lipinski definition) is 5. The summed E-state index contributed by atoms with van der Waals surface area (Å²) in [7, 11) is 5.01. The molecule has 7 heteroatoms. The lowest BCUT2D eigenvalue weighted by Crippen LogP contribution is -2.23. The highest BCUT2D eigenvalue weighted by Gasteiger charge is 2.10. The summed E-state index contributed by atoms with van der Waals surface area (Å²) < 4.78 is 0. The van der Waals surface area contributed by atoms with Crippen LogP contribution in [0.15, 0.2) is 97.3 Å². The minimum atomic E-state index is -0.188. The smallest absolute Gasteiger partial charge is 0.255 e. The number of benzene rings is 3. The predicted octanol–water partition coefficient (Wildman–Crippen LogP) is 4.60. The number of hydrogen-bond donors (Lipinski definition) is 3. The molecule has 0 atom stereocenters. The molecular weight excluding hydrogens is 464 g/mol. The van der Waals surface area contributed by atoms with Gasteiger partial charge in [-0.25, -0.2) is 0 Å². The Morgan fingerprint density at radius 3 is 2.11 bits per heavy atom. The van der Waals surface area contributed by atoms with E-state index in [0.717, 1.165) is 41.6 Å². The first-order valence-electron chi connectivity index (χ1n) is 11.9. The van der Waals surface area contributed by atoms with Crippen LogP contribution in [-0.4, -0.2) is 48.0 Å². The Morgan fingerprint density at radius 1 is 0.757 bits per heavy atom. The van der Waals surface area contributed by atoms with Crippen LogP contribution in [0.2, 0.25) is 0 Å².